The van der Waals surface area contributed by atoms with Crippen molar-refractivity contribution in [1.82, 2.24) is 5.32 Å². The van der Waals surface area contributed by atoms with E-state index in [1.54, 1.807) is 18.2 Å². The van der Waals surface area contributed by atoms with E-state index < -0.39 is 33.9 Å². The fraction of sp³-hybridized carbons (Fsp3) is 0.103. The Morgan fingerprint density at radius 3 is 2.29 bits per heavy atom. The van der Waals surface area contributed by atoms with Crippen molar-refractivity contribution in [2.24, 2.45) is 0 Å². The fourth-order valence-corrected chi connectivity index (χ4v) is 4.98. The molecule has 1 heterocycles. The second-order valence-electron chi connectivity index (χ2n) is 8.55. The molecule has 210 valence electrons. The maximum Gasteiger partial charge on any atom is 0.339 e. The van der Waals surface area contributed by atoms with Gasteiger partial charge in [-0.25, -0.2) is 14.5 Å². The van der Waals surface area contributed by atoms with Crippen LogP contribution in [0.1, 0.15) is 21.5 Å². The minimum absolute atomic E-state index is 0.0192. The van der Waals surface area contributed by atoms with Crippen molar-refractivity contribution in [1.29, 1.82) is 0 Å². The molecule has 4 rings (SSSR count). The number of benzene rings is 3. The van der Waals surface area contributed by atoms with Gasteiger partial charge in [-0.2, -0.15) is 8.42 Å². The number of barbiturate groups is 1. The Morgan fingerprint density at radius 2 is 1.68 bits per heavy atom. The number of imide groups is 2. The van der Waals surface area contributed by atoms with Crippen molar-refractivity contribution in [3.63, 3.8) is 0 Å². The van der Waals surface area contributed by atoms with Crippen molar-refractivity contribution in [3.8, 4) is 11.5 Å². The quantitative estimate of drug-likeness (QED) is 0.133. The number of esters is 1. The third kappa shape index (κ3) is 6.02. The summed E-state index contributed by atoms with van der Waals surface area (Å²) in [5.74, 6) is -2.51. The highest BCUT2D eigenvalue weighted by Crippen LogP contribution is 2.36. The Hall–Kier alpha value is -5.23. The standard InChI is InChI=1S/C29H24N2O9S/c1-4-8-20-15-18(17-24(38-2)25(20)40-41(36,37)22-9-6-5-7-10-22)16-23-26(32)30-29(35)31(27(23)33)21-13-11-19(12-14-21)28(34)39-3/h4-7,9-17H,1,8H2,2-3H3,(H,30,32,35)/b23-16+. The van der Waals surface area contributed by atoms with E-state index in [-0.39, 0.29) is 45.2 Å². The lowest BCUT2D eigenvalue weighted by atomic mass is 10.0. The van der Waals surface area contributed by atoms with E-state index in [9.17, 15) is 27.6 Å². The van der Waals surface area contributed by atoms with Gasteiger partial charge >= 0.3 is 22.1 Å². The third-order valence-electron chi connectivity index (χ3n) is 5.92. The molecule has 0 atom stereocenters. The number of carbonyl (C=O) groups is 4. The molecule has 0 radical (unpaired) electrons. The highest BCUT2D eigenvalue weighted by Gasteiger charge is 2.37. The molecule has 4 amide bonds. The van der Waals surface area contributed by atoms with Crippen LogP contribution in [0.15, 0.2) is 89.9 Å². The first-order chi connectivity index (χ1) is 19.6. The Balaban J connectivity index is 1.73. The van der Waals surface area contributed by atoms with Crippen LogP contribution in [-0.4, -0.2) is 46.5 Å². The number of carbonyl (C=O) groups excluding carboxylic acids is 4. The molecular formula is C29H24N2O9S. The molecule has 0 aliphatic carbocycles. The van der Waals surface area contributed by atoms with Crippen LogP contribution >= 0.6 is 0 Å². The van der Waals surface area contributed by atoms with E-state index in [1.807, 2.05) is 0 Å². The van der Waals surface area contributed by atoms with Gasteiger partial charge in [0.2, 0.25) is 0 Å². The van der Waals surface area contributed by atoms with Gasteiger partial charge in [-0.1, -0.05) is 24.3 Å². The lowest BCUT2D eigenvalue weighted by Gasteiger charge is -2.26. The van der Waals surface area contributed by atoms with Crippen molar-refractivity contribution in [2.45, 2.75) is 11.3 Å². The van der Waals surface area contributed by atoms with Crippen molar-refractivity contribution in [2.75, 3.05) is 19.1 Å². The summed E-state index contributed by atoms with van der Waals surface area (Å²) in [6.07, 6.45) is 2.92. The van der Waals surface area contributed by atoms with E-state index in [4.69, 9.17) is 8.92 Å². The van der Waals surface area contributed by atoms with Gasteiger partial charge in [0.25, 0.3) is 11.8 Å². The summed E-state index contributed by atoms with van der Waals surface area (Å²) in [4.78, 5) is 51.0. The molecule has 1 aliphatic rings. The van der Waals surface area contributed by atoms with Crippen LogP contribution < -0.4 is 19.1 Å². The maximum absolute atomic E-state index is 13.3. The topological polar surface area (TPSA) is 145 Å². The summed E-state index contributed by atoms with van der Waals surface area (Å²) in [5.41, 5.74) is 0.571. The number of amides is 4. The number of methoxy groups -OCH3 is 2. The number of hydrogen-bond donors (Lipinski definition) is 1. The first kappa shape index (κ1) is 28.8. The normalized spacial score (nSPS) is 14.4. The Bertz CT molecular complexity index is 1680. The van der Waals surface area contributed by atoms with Gasteiger partial charge in [0, 0.05) is 5.56 Å². The first-order valence-electron chi connectivity index (χ1n) is 12.0. The smallest absolute Gasteiger partial charge is 0.339 e. The van der Waals surface area contributed by atoms with Gasteiger partial charge < -0.3 is 13.7 Å². The van der Waals surface area contributed by atoms with E-state index in [0.29, 0.717) is 5.56 Å². The Kier molecular flexibility index (Phi) is 8.34. The number of nitrogens with one attached hydrogen (secondary N) is 1. The van der Waals surface area contributed by atoms with Crippen LogP contribution in [-0.2, 0) is 30.9 Å². The predicted octanol–water partition coefficient (Wildman–Crippen LogP) is 3.64. The molecule has 1 aliphatic heterocycles. The Labute approximate surface area is 235 Å². The largest absolute Gasteiger partial charge is 0.493 e. The second kappa shape index (κ2) is 11.9. The van der Waals surface area contributed by atoms with Gasteiger partial charge in [-0.3, -0.25) is 14.9 Å². The van der Waals surface area contributed by atoms with Crippen molar-refractivity contribution in [3.05, 3.63) is 102 Å². The molecule has 0 unspecified atom stereocenters. The molecule has 0 aromatic heterocycles. The minimum Gasteiger partial charge on any atom is -0.493 e. The van der Waals surface area contributed by atoms with E-state index in [1.165, 1.54) is 74.9 Å². The number of hydrogen-bond acceptors (Lipinski definition) is 9. The van der Waals surface area contributed by atoms with E-state index in [2.05, 4.69) is 16.6 Å². The number of allylic oxidation sites excluding steroid dienone is 1. The number of rotatable bonds is 9. The highest BCUT2D eigenvalue weighted by molar-refractivity contribution is 7.87. The summed E-state index contributed by atoms with van der Waals surface area (Å²) in [6.45, 7) is 3.70. The van der Waals surface area contributed by atoms with E-state index in [0.717, 1.165) is 4.90 Å². The van der Waals surface area contributed by atoms with E-state index >= 15 is 0 Å². The predicted molar refractivity (Wildman–Crippen MR) is 148 cm³/mol. The van der Waals surface area contributed by atoms with Crippen LogP contribution in [0.4, 0.5) is 10.5 Å². The number of ether oxygens (including phenoxy) is 2. The minimum atomic E-state index is -4.22. The molecule has 0 bridgehead atoms. The average Bonchev–Trinajstić information content (AvgIpc) is 2.96. The van der Waals surface area contributed by atoms with Gasteiger partial charge in [-0.05, 0) is 66.6 Å². The number of urea groups is 1. The zero-order valence-corrected chi connectivity index (χ0v) is 22.8. The fourth-order valence-electron chi connectivity index (χ4n) is 3.99. The highest BCUT2D eigenvalue weighted by atomic mass is 32.2. The van der Waals surface area contributed by atoms with Crippen molar-refractivity contribution >= 4 is 45.7 Å². The van der Waals surface area contributed by atoms with Gasteiger partial charge in [-0.15, -0.1) is 6.58 Å². The summed E-state index contributed by atoms with van der Waals surface area (Å²) in [6, 6.07) is 15.0. The molecule has 0 spiro atoms. The maximum atomic E-state index is 13.3. The molecule has 1 saturated heterocycles. The molecular weight excluding hydrogens is 552 g/mol. The van der Waals surface area contributed by atoms with Crippen LogP contribution in [0.25, 0.3) is 6.08 Å². The molecule has 11 nitrogen and oxygen atoms in total. The molecule has 1 N–H and O–H groups in total. The molecule has 12 heteroatoms. The van der Waals surface area contributed by atoms with Crippen molar-refractivity contribution < 1.29 is 41.3 Å². The van der Waals surface area contributed by atoms with Crippen LogP contribution in [0.5, 0.6) is 11.5 Å². The zero-order chi connectivity index (χ0) is 29.7. The Morgan fingerprint density at radius 1 is 1.00 bits per heavy atom. The average molecular weight is 577 g/mol. The first-order valence-corrected chi connectivity index (χ1v) is 13.4. The lowest BCUT2D eigenvalue weighted by Crippen LogP contribution is -2.54. The summed E-state index contributed by atoms with van der Waals surface area (Å²) in [7, 11) is -1.69. The summed E-state index contributed by atoms with van der Waals surface area (Å²) >= 11 is 0. The molecule has 3 aromatic carbocycles. The van der Waals surface area contributed by atoms with Crippen LogP contribution in [0.3, 0.4) is 0 Å². The van der Waals surface area contributed by atoms with Gasteiger partial charge in [0.05, 0.1) is 25.5 Å². The monoisotopic (exact) mass is 576 g/mol. The summed E-state index contributed by atoms with van der Waals surface area (Å²) < 4.78 is 41.3. The second-order valence-corrected chi connectivity index (χ2v) is 10.1. The summed E-state index contributed by atoms with van der Waals surface area (Å²) in [5, 5.41) is 2.12. The van der Waals surface area contributed by atoms with Gasteiger partial charge in [0.1, 0.15) is 10.5 Å². The van der Waals surface area contributed by atoms with Crippen LogP contribution in [0.2, 0.25) is 0 Å². The lowest BCUT2D eigenvalue weighted by molar-refractivity contribution is -0.122. The SMILES string of the molecule is C=CCc1cc(/C=C2\C(=O)NC(=O)N(c3ccc(C(=O)OC)cc3)C2=O)cc(OC)c1OS(=O)(=O)c1ccccc1. The molecule has 1 fully saturated rings. The third-order valence-corrected chi connectivity index (χ3v) is 7.16. The number of anilines is 1. The molecule has 0 saturated carbocycles. The van der Waals surface area contributed by atoms with Crippen LogP contribution in [0, 0.1) is 0 Å². The zero-order valence-electron chi connectivity index (χ0n) is 21.9. The van der Waals surface area contributed by atoms with Gasteiger partial charge in [0.15, 0.2) is 11.5 Å². The molecule has 41 heavy (non-hydrogen) atoms. The number of nitrogens with zero attached hydrogens (tertiary/aromatic N) is 1. The molecule has 3 aromatic rings.